The number of non-ortho nitro benzene ring substituents is 1. The fourth-order valence-electron chi connectivity index (χ4n) is 2.78. The molecule has 0 aliphatic carbocycles. The monoisotopic (exact) mass is 395 g/mol. The lowest BCUT2D eigenvalue weighted by atomic mass is 9.99. The molecule has 146 valence electrons. The quantitative estimate of drug-likeness (QED) is 0.496. The lowest BCUT2D eigenvalue weighted by Gasteiger charge is -2.11. The molecule has 29 heavy (non-hydrogen) atoms. The second kappa shape index (κ2) is 7.68. The van der Waals surface area contributed by atoms with Crippen LogP contribution in [0.1, 0.15) is 16.1 Å². The van der Waals surface area contributed by atoms with Gasteiger partial charge in [-0.1, -0.05) is 12.1 Å². The van der Waals surface area contributed by atoms with Gasteiger partial charge in [0, 0.05) is 23.8 Å². The van der Waals surface area contributed by atoms with Crippen LogP contribution in [0.5, 0.6) is 0 Å². The highest BCUT2D eigenvalue weighted by Gasteiger charge is 2.23. The number of rotatable bonds is 5. The van der Waals surface area contributed by atoms with Crippen LogP contribution in [0.25, 0.3) is 11.1 Å². The van der Waals surface area contributed by atoms with E-state index < -0.39 is 21.3 Å². The van der Waals surface area contributed by atoms with Crippen molar-refractivity contribution in [2.75, 3.05) is 5.32 Å². The van der Waals surface area contributed by atoms with E-state index in [-0.39, 0.29) is 28.2 Å². The Morgan fingerprint density at radius 2 is 1.69 bits per heavy atom. The maximum Gasteiger partial charge on any atom is 0.292 e. The molecule has 0 fully saturated rings. The van der Waals surface area contributed by atoms with Crippen molar-refractivity contribution in [3.63, 3.8) is 0 Å². The van der Waals surface area contributed by atoms with Crippen molar-refractivity contribution in [3.8, 4) is 11.1 Å². The molecule has 0 aliphatic heterocycles. The van der Waals surface area contributed by atoms with E-state index in [4.69, 9.17) is 0 Å². The molecule has 0 saturated heterocycles. The summed E-state index contributed by atoms with van der Waals surface area (Å²) < 4.78 is 0. The largest absolute Gasteiger partial charge is 0.316 e. The van der Waals surface area contributed by atoms with E-state index in [0.717, 1.165) is 0 Å². The summed E-state index contributed by atoms with van der Waals surface area (Å²) in [5, 5.41) is 30.4. The Morgan fingerprint density at radius 1 is 1.03 bits per heavy atom. The molecule has 11 nitrogen and oxygen atoms in total. The molecule has 2 N–H and O–H groups in total. The van der Waals surface area contributed by atoms with Crippen molar-refractivity contribution in [1.29, 1.82) is 0 Å². The lowest BCUT2D eigenvalue weighted by molar-refractivity contribution is -0.384. The van der Waals surface area contributed by atoms with Crippen LogP contribution in [0, 0.1) is 27.2 Å². The van der Waals surface area contributed by atoms with E-state index in [1.54, 1.807) is 6.92 Å². The fraction of sp³-hybridized carbons (Fsp3) is 0.0556. The average Bonchev–Trinajstić information content (AvgIpc) is 2.69. The summed E-state index contributed by atoms with van der Waals surface area (Å²) in [7, 11) is 0. The van der Waals surface area contributed by atoms with Gasteiger partial charge < -0.3 is 5.32 Å². The maximum atomic E-state index is 12.8. The molecule has 0 bridgehead atoms. The van der Waals surface area contributed by atoms with Gasteiger partial charge in [-0.05, 0) is 30.7 Å². The number of nitro groups is 2. The number of aromatic amines is 1. The molecule has 0 aliphatic rings. The number of hydrogen-bond acceptors (Lipinski definition) is 7. The van der Waals surface area contributed by atoms with E-state index >= 15 is 0 Å². The predicted octanol–water partition coefficient (Wildman–Crippen LogP) is 2.81. The summed E-state index contributed by atoms with van der Waals surface area (Å²) in [6.07, 6.45) is 0. The van der Waals surface area contributed by atoms with Crippen LogP contribution in [-0.4, -0.2) is 26.0 Å². The summed E-state index contributed by atoms with van der Waals surface area (Å²) in [5.41, 5.74) is -0.865. The molecule has 3 rings (SSSR count). The van der Waals surface area contributed by atoms with Gasteiger partial charge in [0.25, 0.3) is 22.8 Å². The summed E-state index contributed by atoms with van der Waals surface area (Å²) in [6.45, 7) is 1.55. The number of amides is 1. The highest BCUT2D eigenvalue weighted by Crippen LogP contribution is 2.28. The first-order valence-corrected chi connectivity index (χ1v) is 8.18. The number of carbonyl (C=O) groups is 1. The van der Waals surface area contributed by atoms with Crippen LogP contribution in [0.2, 0.25) is 0 Å². The molecule has 0 spiro atoms. The topological polar surface area (TPSA) is 161 Å². The van der Waals surface area contributed by atoms with Gasteiger partial charge in [-0.3, -0.25) is 29.8 Å². The van der Waals surface area contributed by atoms with Gasteiger partial charge in [0.05, 0.1) is 15.5 Å². The second-order valence-electron chi connectivity index (χ2n) is 5.92. The minimum absolute atomic E-state index is 0.0778. The van der Waals surface area contributed by atoms with E-state index in [0.29, 0.717) is 11.3 Å². The third-order valence-electron chi connectivity index (χ3n) is 4.11. The molecule has 0 unspecified atom stereocenters. The summed E-state index contributed by atoms with van der Waals surface area (Å²) in [5.74, 6) is -0.876. The Kier molecular flexibility index (Phi) is 5.13. The lowest BCUT2D eigenvalue weighted by Crippen LogP contribution is -2.26. The molecule has 1 amide bonds. The van der Waals surface area contributed by atoms with Crippen molar-refractivity contribution in [3.05, 3.63) is 90.4 Å². The third kappa shape index (κ3) is 3.83. The number of H-pyrrole nitrogens is 1. The number of nitrogens with zero attached hydrogens (tertiary/aromatic N) is 3. The zero-order chi connectivity index (χ0) is 21.1. The maximum absolute atomic E-state index is 12.8. The Bertz CT molecular complexity index is 1190. The van der Waals surface area contributed by atoms with Crippen LogP contribution in [0.4, 0.5) is 17.1 Å². The predicted molar refractivity (Wildman–Crippen MR) is 103 cm³/mol. The van der Waals surface area contributed by atoms with Gasteiger partial charge in [0.2, 0.25) is 0 Å². The number of carbonyl (C=O) groups excluding carboxylic acids is 1. The van der Waals surface area contributed by atoms with Crippen molar-refractivity contribution >= 4 is 23.0 Å². The number of anilines is 1. The first kappa shape index (κ1) is 19.4. The van der Waals surface area contributed by atoms with Gasteiger partial charge in [0.1, 0.15) is 11.3 Å². The highest BCUT2D eigenvalue weighted by atomic mass is 16.6. The van der Waals surface area contributed by atoms with Crippen molar-refractivity contribution in [2.45, 2.75) is 6.92 Å². The Morgan fingerprint density at radius 3 is 2.31 bits per heavy atom. The summed E-state index contributed by atoms with van der Waals surface area (Å²) >= 11 is 0. The van der Waals surface area contributed by atoms with Gasteiger partial charge in [-0.25, -0.2) is 5.10 Å². The van der Waals surface area contributed by atoms with Gasteiger partial charge in [-0.2, -0.15) is 5.10 Å². The van der Waals surface area contributed by atoms with E-state index in [9.17, 15) is 29.8 Å². The summed E-state index contributed by atoms with van der Waals surface area (Å²) in [4.78, 5) is 46.0. The summed E-state index contributed by atoms with van der Waals surface area (Å²) in [6, 6.07) is 10.8. The van der Waals surface area contributed by atoms with Crippen molar-refractivity contribution < 1.29 is 14.6 Å². The molecule has 3 aromatic rings. The number of benzene rings is 2. The Balaban J connectivity index is 2.09. The Labute approximate surface area is 162 Å². The highest BCUT2D eigenvalue weighted by molar-refractivity contribution is 6.09. The molecule has 0 atom stereocenters. The van der Waals surface area contributed by atoms with Crippen LogP contribution in [-0.2, 0) is 0 Å². The number of hydrogen-bond donors (Lipinski definition) is 2. The smallest absolute Gasteiger partial charge is 0.292 e. The standard InChI is InChI=1S/C18H13N5O6/c1-10-15(11-6-8-12(9-7-11)22(26)27)16(18(25)21-20-10)17(24)19-13-4-2-3-5-14(13)23(28)29/h2-9H,1H3,(H,19,24)(H,21,25). The number of para-hydroxylation sites is 2. The molecule has 1 aromatic heterocycles. The second-order valence-corrected chi connectivity index (χ2v) is 5.92. The molecule has 0 radical (unpaired) electrons. The van der Waals surface area contributed by atoms with E-state index in [1.807, 2.05) is 0 Å². The minimum atomic E-state index is -0.876. The zero-order valence-corrected chi connectivity index (χ0v) is 14.9. The first-order valence-electron chi connectivity index (χ1n) is 8.18. The minimum Gasteiger partial charge on any atom is -0.316 e. The SMILES string of the molecule is Cc1n[nH]c(=O)c(C(=O)Nc2ccccc2[N+](=O)[O-])c1-c1ccc([N+](=O)[O-])cc1. The molecule has 0 saturated carbocycles. The Hall–Kier alpha value is -4.41. The van der Waals surface area contributed by atoms with Gasteiger partial charge in [-0.15, -0.1) is 0 Å². The molecular formula is C18H13N5O6. The third-order valence-corrected chi connectivity index (χ3v) is 4.11. The number of nitro benzene ring substituents is 2. The molecule has 2 aromatic carbocycles. The fourth-order valence-corrected chi connectivity index (χ4v) is 2.78. The van der Waals surface area contributed by atoms with Crippen LogP contribution in [0.15, 0.2) is 53.3 Å². The van der Waals surface area contributed by atoms with Gasteiger partial charge >= 0.3 is 0 Å². The normalized spacial score (nSPS) is 10.4. The average molecular weight is 395 g/mol. The van der Waals surface area contributed by atoms with Crippen molar-refractivity contribution in [1.82, 2.24) is 10.2 Å². The zero-order valence-electron chi connectivity index (χ0n) is 14.9. The number of aryl methyl sites for hydroxylation is 1. The molecular weight excluding hydrogens is 382 g/mol. The van der Waals surface area contributed by atoms with Gasteiger partial charge in [0.15, 0.2) is 0 Å². The number of nitrogens with one attached hydrogen (secondary N) is 2. The van der Waals surface area contributed by atoms with Crippen LogP contribution >= 0.6 is 0 Å². The first-order chi connectivity index (χ1) is 13.8. The van der Waals surface area contributed by atoms with E-state index in [1.165, 1.54) is 48.5 Å². The van der Waals surface area contributed by atoms with E-state index in [2.05, 4.69) is 15.5 Å². The molecule has 1 heterocycles. The van der Waals surface area contributed by atoms with Crippen molar-refractivity contribution in [2.24, 2.45) is 0 Å². The molecule has 11 heteroatoms. The van der Waals surface area contributed by atoms with Crippen LogP contribution in [0.3, 0.4) is 0 Å². The number of aromatic nitrogens is 2. The van der Waals surface area contributed by atoms with Crippen LogP contribution < -0.4 is 10.9 Å².